The number of rotatable bonds is 5. The number of nitrogens with one attached hydrogen (secondary N) is 2. The molecule has 1 aliphatic rings. The molecule has 0 amide bonds. The van der Waals surface area contributed by atoms with E-state index in [1.807, 2.05) is 0 Å². The molecule has 2 N–H and O–H groups in total. The lowest BCUT2D eigenvalue weighted by atomic mass is 10.1. The molecule has 2 rings (SSSR count). The van der Waals surface area contributed by atoms with Crippen LogP contribution >= 0.6 is 39.9 Å². The van der Waals surface area contributed by atoms with E-state index in [9.17, 15) is 8.42 Å². The summed E-state index contributed by atoms with van der Waals surface area (Å²) in [6.07, 6.45) is 0.971. The maximum absolute atomic E-state index is 12.4. The third-order valence-corrected chi connectivity index (χ3v) is 5.43. The molecule has 0 bridgehead atoms. The van der Waals surface area contributed by atoms with E-state index in [0.29, 0.717) is 22.0 Å². The minimum atomic E-state index is -3.65. The van der Waals surface area contributed by atoms with E-state index in [1.165, 1.54) is 13.2 Å². The zero-order valence-corrected chi connectivity index (χ0v) is 15.3. The molecule has 0 spiro atoms. The molecule has 5 nitrogen and oxygen atoms in total. The molecule has 0 radical (unpaired) electrons. The molecule has 1 aromatic carbocycles. The van der Waals surface area contributed by atoms with E-state index in [-0.39, 0.29) is 23.1 Å². The fourth-order valence-electron chi connectivity index (χ4n) is 2.13. The van der Waals surface area contributed by atoms with Gasteiger partial charge in [-0.1, -0.05) is 11.6 Å². The molecule has 120 valence electrons. The Kier molecular flexibility index (Phi) is 7.23. The highest BCUT2D eigenvalue weighted by molar-refractivity contribution is 9.10. The lowest BCUT2D eigenvalue weighted by Crippen LogP contribution is -2.30. The molecule has 1 fully saturated rings. The van der Waals surface area contributed by atoms with Gasteiger partial charge in [-0.2, -0.15) is 0 Å². The van der Waals surface area contributed by atoms with Crippen LogP contribution < -0.4 is 14.8 Å². The summed E-state index contributed by atoms with van der Waals surface area (Å²) in [6.45, 7) is 2.17. The van der Waals surface area contributed by atoms with Gasteiger partial charge in [0.25, 0.3) is 0 Å². The molecule has 1 atom stereocenters. The zero-order valence-electron chi connectivity index (χ0n) is 11.4. The standard InChI is InChI=1S/C12H16BrClN2O3S.ClH/c1-19-12-10(13)4-9(14)5-11(12)20(17,18)16-7-8-2-3-15-6-8;/h4-5,8,15-16H,2-3,6-7H2,1H3;1H. The second-order valence-corrected chi connectivity index (χ2v) is 7.66. The van der Waals surface area contributed by atoms with Crippen LogP contribution in [0, 0.1) is 5.92 Å². The first-order valence-electron chi connectivity index (χ1n) is 6.17. The zero-order chi connectivity index (χ0) is 14.8. The van der Waals surface area contributed by atoms with Crippen LogP contribution in [0.15, 0.2) is 21.5 Å². The van der Waals surface area contributed by atoms with Gasteiger partial charge in [0.05, 0.1) is 11.6 Å². The van der Waals surface area contributed by atoms with Crippen LogP contribution in [-0.2, 0) is 10.0 Å². The highest BCUT2D eigenvalue weighted by Crippen LogP contribution is 2.35. The largest absolute Gasteiger partial charge is 0.494 e. The van der Waals surface area contributed by atoms with Gasteiger partial charge in [0.2, 0.25) is 10.0 Å². The highest BCUT2D eigenvalue weighted by atomic mass is 79.9. The summed E-state index contributed by atoms with van der Waals surface area (Å²) in [7, 11) is -2.23. The summed E-state index contributed by atoms with van der Waals surface area (Å²) in [4.78, 5) is 0.0466. The van der Waals surface area contributed by atoms with Crippen molar-refractivity contribution in [2.24, 2.45) is 5.92 Å². The van der Waals surface area contributed by atoms with Crippen molar-refractivity contribution in [1.29, 1.82) is 0 Å². The van der Waals surface area contributed by atoms with Crippen LogP contribution in [0.3, 0.4) is 0 Å². The van der Waals surface area contributed by atoms with Crippen LogP contribution in [0.1, 0.15) is 6.42 Å². The second kappa shape index (κ2) is 7.99. The molecule has 9 heteroatoms. The first-order chi connectivity index (χ1) is 9.44. The molecule has 0 aliphatic carbocycles. The summed E-state index contributed by atoms with van der Waals surface area (Å²) in [5.41, 5.74) is 0. The van der Waals surface area contributed by atoms with Gasteiger partial charge in [0, 0.05) is 11.6 Å². The predicted octanol–water partition coefficient (Wildman–Crippen LogP) is 2.42. The Bertz CT molecular complexity index is 592. The van der Waals surface area contributed by atoms with Gasteiger partial charge in [0.15, 0.2) is 5.75 Å². The molecule has 1 aromatic rings. The Morgan fingerprint density at radius 3 is 2.81 bits per heavy atom. The van der Waals surface area contributed by atoms with Crippen molar-refractivity contribution >= 4 is 50.0 Å². The molecule has 1 saturated heterocycles. The summed E-state index contributed by atoms with van der Waals surface area (Å²) < 4.78 is 33.0. The highest BCUT2D eigenvalue weighted by Gasteiger charge is 2.24. The fraction of sp³-hybridized carbons (Fsp3) is 0.500. The van der Waals surface area contributed by atoms with E-state index in [0.717, 1.165) is 19.5 Å². The Labute approximate surface area is 144 Å². The number of benzene rings is 1. The molecule has 0 saturated carbocycles. The first kappa shape index (κ1) is 19.0. The maximum Gasteiger partial charge on any atom is 0.244 e. The molecule has 0 aromatic heterocycles. The van der Waals surface area contributed by atoms with Crippen molar-refractivity contribution < 1.29 is 13.2 Å². The molecule has 1 heterocycles. The first-order valence-corrected chi connectivity index (χ1v) is 8.83. The summed E-state index contributed by atoms with van der Waals surface area (Å²) in [6, 6.07) is 2.99. The molecule has 1 aliphatic heterocycles. The van der Waals surface area contributed by atoms with Gasteiger partial charge in [0.1, 0.15) is 4.90 Å². The second-order valence-electron chi connectivity index (χ2n) is 4.63. The van der Waals surface area contributed by atoms with Crippen LogP contribution in [-0.4, -0.2) is 35.2 Å². The molecule has 1 unspecified atom stereocenters. The van der Waals surface area contributed by atoms with Crippen molar-refractivity contribution in [3.8, 4) is 5.75 Å². The topological polar surface area (TPSA) is 67.4 Å². The lowest BCUT2D eigenvalue weighted by molar-refractivity contribution is 0.399. The smallest absolute Gasteiger partial charge is 0.244 e. The van der Waals surface area contributed by atoms with Gasteiger partial charge in [-0.3, -0.25) is 0 Å². The summed E-state index contributed by atoms with van der Waals surface area (Å²) in [5, 5.41) is 3.53. The van der Waals surface area contributed by atoms with E-state index in [2.05, 4.69) is 26.0 Å². The number of halogens is 3. The SMILES string of the molecule is COc1c(Br)cc(Cl)cc1S(=O)(=O)NCC1CCNC1.Cl. The number of sulfonamides is 1. The molecular weight excluding hydrogens is 403 g/mol. The Morgan fingerprint density at radius 2 is 2.24 bits per heavy atom. The number of ether oxygens (including phenoxy) is 1. The van der Waals surface area contributed by atoms with E-state index in [4.69, 9.17) is 16.3 Å². The van der Waals surface area contributed by atoms with Gasteiger partial charge in [-0.15, -0.1) is 12.4 Å². The van der Waals surface area contributed by atoms with Crippen LogP contribution in [0.5, 0.6) is 5.75 Å². The number of hydrogen-bond donors (Lipinski definition) is 2. The number of hydrogen-bond acceptors (Lipinski definition) is 4. The van der Waals surface area contributed by atoms with E-state index in [1.54, 1.807) is 6.07 Å². The third kappa shape index (κ3) is 4.71. The summed E-state index contributed by atoms with van der Waals surface area (Å²) in [5.74, 6) is 0.574. The monoisotopic (exact) mass is 418 g/mol. The Hall–Kier alpha value is -0.0500. The van der Waals surface area contributed by atoms with Crippen LogP contribution in [0.4, 0.5) is 0 Å². The van der Waals surface area contributed by atoms with Crippen LogP contribution in [0.25, 0.3) is 0 Å². The molecule has 21 heavy (non-hydrogen) atoms. The van der Waals surface area contributed by atoms with E-state index < -0.39 is 10.0 Å². The van der Waals surface area contributed by atoms with Crippen molar-refractivity contribution in [3.63, 3.8) is 0 Å². The van der Waals surface area contributed by atoms with E-state index >= 15 is 0 Å². The normalized spacial score (nSPS) is 18.3. The Balaban J connectivity index is 0.00000220. The average Bonchev–Trinajstić information content (AvgIpc) is 2.89. The van der Waals surface area contributed by atoms with Gasteiger partial charge in [-0.05, 0) is 53.5 Å². The van der Waals surface area contributed by atoms with Crippen LogP contribution in [0.2, 0.25) is 5.02 Å². The summed E-state index contributed by atoms with van der Waals surface area (Å²) >= 11 is 9.18. The Morgan fingerprint density at radius 1 is 1.52 bits per heavy atom. The van der Waals surface area contributed by atoms with Gasteiger partial charge in [-0.25, -0.2) is 13.1 Å². The van der Waals surface area contributed by atoms with Crippen molar-refractivity contribution in [3.05, 3.63) is 21.6 Å². The average molecular weight is 420 g/mol. The minimum absolute atomic E-state index is 0. The number of methoxy groups -OCH3 is 1. The van der Waals surface area contributed by atoms with Crippen molar-refractivity contribution in [2.75, 3.05) is 26.7 Å². The van der Waals surface area contributed by atoms with Gasteiger partial charge < -0.3 is 10.1 Å². The van der Waals surface area contributed by atoms with Crippen molar-refractivity contribution in [2.45, 2.75) is 11.3 Å². The predicted molar refractivity (Wildman–Crippen MR) is 89.1 cm³/mol. The minimum Gasteiger partial charge on any atom is -0.494 e. The quantitative estimate of drug-likeness (QED) is 0.768. The fourth-order valence-corrected chi connectivity index (χ4v) is 4.63. The lowest BCUT2D eigenvalue weighted by Gasteiger charge is -2.14. The third-order valence-electron chi connectivity index (χ3n) is 3.19. The molecular formula is C12H17BrCl2N2O3S. The maximum atomic E-state index is 12.4. The van der Waals surface area contributed by atoms with Crippen molar-refractivity contribution in [1.82, 2.24) is 10.0 Å². The van der Waals surface area contributed by atoms with Gasteiger partial charge >= 0.3 is 0 Å².